The Balaban J connectivity index is 2.11. The van der Waals surface area contributed by atoms with E-state index in [1.54, 1.807) is 13.8 Å². The Kier molecular flexibility index (Phi) is 3.69. The lowest BCUT2D eigenvalue weighted by molar-refractivity contribution is -0.162. The first kappa shape index (κ1) is 12.4. The molecular weight excluding hydrogens is 220 g/mol. The van der Waals surface area contributed by atoms with E-state index in [2.05, 4.69) is 0 Å². The standard InChI is InChI=1S/C13H20O4/c1-3-16-12(14)10-8-5-6-9(7-8)11(10)13(15)17-4-2/h8-11H,3-7H2,1-2H3/t8-,9+,10+,11-. The van der Waals surface area contributed by atoms with Gasteiger partial charge in [0.15, 0.2) is 0 Å². The minimum atomic E-state index is -0.257. The molecule has 0 aliphatic heterocycles. The molecule has 0 spiro atoms. The van der Waals surface area contributed by atoms with Crippen molar-refractivity contribution < 1.29 is 19.1 Å². The van der Waals surface area contributed by atoms with E-state index in [9.17, 15) is 9.59 Å². The van der Waals surface area contributed by atoms with Crippen LogP contribution in [0.2, 0.25) is 0 Å². The Bertz CT molecular complexity index is 283. The highest BCUT2D eigenvalue weighted by Crippen LogP contribution is 2.53. The summed E-state index contributed by atoms with van der Waals surface area (Å²) in [5.41, 5.74) is 0. The molecule has 2 aliphatic carbocycles. The van der Waals surface area contributed by atoms with Crippen LogP contribution in [0, 0.1) is 23.7 Å². The fraction of sp³-hybridized carbons (Fsp3) is 0.846. The van der Waals surface area contributed by atoms with Crippen LogP contribution in [0.25, 0.3) is 0 Å². The molecule has 0 N–H and O–H groups in total. The molecule has 0 heterocycles. The molecule has 4 heteroatoms. The Labute approximate surface area is 102 Å². The van der Waals surface area contributed by atoms with Crippen molar-refractivity contribution in [3.8, 4) is 0 Å². The Morgan fingerprint density at radius 3 is 1.71 bits per heavy atom. The summed E-state index contributed by atoms with van der Waals surface area (Å²) in [5.74, 6) is -0.280. The fourth-order valence-corrected chi connectivity index (χ4v) is 3.45. The van der Waals surface area contributed by atoms with Crippen molar-refractivity contribution >= 4 is 11.9 Å². The molecule has 0 amide bonds. The second-order valence-corrected chi connectivity index (χ2v) is 4.89. The van der Waals surface area contributed by atoms with Crippen molar-refractivity contribution in [1.29, 1.82) is 0 Å². The molecule has 96 valence electrons. The van der Waals surface area contributed by atoms with Crippen molar-refractivity contribution in [3.63, 3.8) is 0 Å². The molecule has 0 aromatic carbocycles. The van der Waals surface area contributed by atoms with E-state index in [-0.39, 0.29) is 23.8 Å². The number of fused-ring (bicyclic) bond motifs is 2. The monoisotopic (exact) mass is 240 g/mol. The van der Waals surface area contributed by atoms with Gasteiger partial charge in [0.05, 0.1) is 25.0 Å². The van der Waals surface area contributed by atoms with Gasteiger partial charge in [-0.1, -0.05) is 0 Å². The van der Waals surface area contributed by atoms with Crippen molar-refractivity contribution in [2.45, 2.75) is 33.1 Å². The van der Waals surface area contributed by atoms with Gasteiger partial charge in [-0.2, -0.15) is 0 Å². The highest BCUT2D eigenvalue weighted by atomic mass is 16.5. The van der Waals surface area contributed by atoms with Crippen LogP contribution in [0.5, 0.6) is 0 Å². The topological polar surface area (TPSA) is 52.6 Å². The van der Waals surface area contributed by atoms with Gasteiger partial charge in [0.2, 0.25) is 0 Å². The normalized spacial score (nSPS) is 34.7. The number of carbonyl (C=O) groups excluding carboxylic acids is 2. The first-order chi connectivity index (χ1) is 8.19. The van der Waals surface area contributed by atoms with Gasteiger partial charge >= 0.3 is 11.9 Å². The molecule has 2 bridgehead atoms. The molecule has 0 aromatic rings. The van der Waals surface area contributed by atoms with E-state index in [1.165, 1.54) is 0 Å². The van der Waals surface area contributed by atoms with E-state index in [4.69, 9.17) is 9.47 Å². The molecular formula is C13H20O4. The predicted molar refractivity (Wildman–Crippen MR) is 61.1 cm³/mol. The number of esters is 2. The predicted octanol–water partition coefficient (Wildman–Crippen LogP) is 1.77. The van der Waals surface area contributed by atoms with Crippen molar-refractivity contribution in [1.82, 2.24) is 0 Å². The van der Waals surface area contributed by atoms with Crippen LogP contribution in [0.1, 0.15) is 33.1 Å². The van der Waals surface area contributed by atoms with Crippen LogP contribution in [0.15, 0.2) is 0 Å². The zero-order chi connectivity index (χ0) is 12.4. The van der Waals surface area contributed by atoms with Crippen molar-refractivity contribution in [2.24, 2.45) is 23.7 Å². The highest BCUT2D eigenvalue weighted by molar-refractivity contribution is 5.83. The van der Waals surface area contributed by atoms with Crippen molar-refractivity contribution in [2.75, 3.05) is 13.2 Å². The lowest BCUT2D eigenvalue weighted by atomic mass is 9.79. The molecule has 4 nitrogen and oxygen atoms in total. The first-order valence-corrected chi connectivity index (χ1v) is 6.52. The molecule has 2 saturated carbocycles. The Morgan fingerprint density at radius 1 is 0.941 bits per heavy atom. The molecule has 4 atom stereocenters. The average Bonchev–Trinajstić information content (AvgIpc) is 2.89. The third kappa shape index (κ3) is 2.17. The van der Waals surface area contributed by atoms with Gasteiger partial charge in [-0.05, 0) is 44.9 Å². The van der Waals surface area contributed by atoms with Gasteiger partial charge < -0.3 is 9.47 Å². The second-order valence-electron chi connectivity index (χ2n) is 4.89. The van der Waals surface area contributed by atoms with E-state index < -0.39 is 0 Å². The molecule has 0 unspecified atom stereocenters. The minimum absolute atomic E-state index is 0.210. The zero-order valence-electron chi connectivity index (χ0n) is 10.5. The lowest BCUT2D eigenvalue weighted by Gasteiger charge is -2.27. The summed E-state index contributed by atoms with van der Waals surface area (Å²) in [4.78, 5) is 23.8. The van der Waals surface area contributed by atoms with Gasteiger partial charge in [0.1, 0.15) is 0 Å². The van der Waals surface area contributed by atoms with E-state index >= 15 is 0 Å². The van der Waals surface area contributed by atoms with E-state index in [0.29, 0.717) is 25.0 Å². The molecule has 2 aliphatic rings. The minimum Gasteiger partial charge on any atom is -0.466 e. The Morgan fingerprint density at radius 2 is 1.35 bits per heavy atom. The summed E-state index contributed by atoms with van der Waals surface area (Å²) in [6.45, 7) is 4.35. The Hall–Kier alpha value is -1.06. The van der Waals surface area contributed by atoms with Crippen molar-refractivity contribution in [3.05, 3.63) is 0 Å². The summed E-state index contributed by atoms with van der Waals surface area (Å²) < 4.78 is 10.2. The highest BCUT2D eigenvalue weighted by Gasteiger charge is 2.55. The fourth-order valence-electron chi connectivity index (χ4n) is 3.45. The number of rotatable bonds is 4. The third-order valence-corrected chi connectivity index (χ3v) is 4.03. The van der Waals surface area contributed by atoms with Gasteiger partial charge in [-0.25, -0.2) is 0 Å². The van der Waals surface area contributed by atoms with Crippen LogP contribution in [0.3, 0.4) is 0 Å². The SMILES string of the molecule is CCOC(=O)[C@@H]1[C@H]2CC[C@H](C2)[C@@H]1C(=O)OCC. The van der Waals surface area contributed by atoms with Crippen LogP contribution in [0.4, 0.5) is 0 Å². The maximum atomic E-state index is 11.9. The molecule has 0 radical (unpaired) electrons. The quantitative estimate of drug-likeness (QED) is 0.703. The smallest absolute Gasteiger partial charge is 0.310 e. The van der Waals surface area contributed by atoms with Crippen LogP contribution in [-0.4, -0.2) is 25.2 Å². The summed E-state index contributed by atoms with van der Waals surface area (Å²) in [7, 11) is 0. The summed E-state index contributed by atoms with van der Waals surface area (Å²) in [5, 5.41) is 0. The second kappa shape index (κ2) is 5.07. The number of hydrogen-bond donors (Lipinski definition) is 0. The van der Waals surface area contributed by atoms with Crippen LogP contribution >= 0.6 is 0 Å². The molecule has 2 fully saturated rings. The molecule has 0 aromatic heterocycles. The zero-order valence-corrected chi connectivity index (χ0v) is 10.5. The number of ether oxygens (including phenoxy) is 2. The number of carbonyl (C=O) groups is 2. The maximum absolute atomic E-state index is 11.9. The largest absolute Gasteiger partial charge is 0.466 e. The summed E-state index contributed by atoms with van der Waals surface area (Å²) in [6, 6.07) is 0. The average molecular weight is 240 g/mol. The molecule has 0 saturated heterocycles. The van der Waals surface area contributed by atoms with Gasteiger partial charge in [-0.15, -0.1) is 0 Å². The van der Waals surface area contributed by atoms with Crippen LogP contribution < -0.4 is 0 Å². The first-order valence-electron chi connectivity index (χ1n) is 6.52. The summed E-state index contributed by atoms with van der Waals surface area (Å²) in [6.07, 6.45) is 3.07. The van der Waals surface area contributed by atoms with Gasteiger partial charge in [0.25, 0.3) is 0 Å². The third-order valence-electron chi connectivity index (χ3n) is 4.03. The lowest BCUT2D eigenvalue weighted by Crippen LogP contribution is -2.36. The molecule has 2 rings (SSSR count). The van der Waals surface area contributed by atoms with E-state index in [1.807, 2.05) is 0 Å². The van der Waals surface area contributed by atoms with Gasteiger partial charge in [0, 0.05) is 0 Å². The molecule has 17 heavy (non-hydrogen) atoms. The van der Waals surface area contributed by atoms with Crippen LogP contribution in [-0.2, 0) is 19.1 Å². The maximum Gasteiger partial charge on any atom is 0.310 e. The van der Waals surface area contributed by atoms with E-state index in [0.717, 1.165) is 19.3 Å². The number of hydrogen-bond acceptors (Lipinski definition) is 4. The summed E-state index contributed by atoms with van der Waals surface area (Å²) >= 11 is 0. The van der Waals surface area contributed by atoms with Gasteiger partial charge in [-0.3, -0.25) is 9.59 Å².